The molecule has 0 saturated heterocycles. The molecule has 0 aromatic heterocycles. The molecule has 4 aromatic rings. The Bertz CT molecular complexity index is 1540. The Morgan fingerprint density at radius 2 is 1.21 bits per heavy atom. The summed E-state index contributed by atoms with van der Waals surface area (Å²) in [5, 5.41) is 9.51. The van der Waals surface area contributed by atoms with E-state index in [1.165, 1.54) is 39.2 Å². The van der Waals surface area contributed by atoms with Crippen LogP contribution in [-0.4, -0.2) is 33.2 Å². The van der Waals surface area contributed by atoms with E-state index >= 15 is 0 Å². The molecule has 0 unspecified atom stereocenters. The zero-order valence-corrected chi connectivity index (χ0v) is 25.7. The van der Waals surface area contributed by atoms with Crippen LogP contribution in [0.5, 0.6) is 0 Å². The number of rotatable bonds is 10. The fraction of sp³-hybridized carbons (Fsp3) is 0.289. The van der Waals surface area contributed by atoms with Gasteiger partial charge in [0.1, 0.15) is 5.54 Å². The molecule has 0 amide bonds. The Morgan fingerprint density at radius 1 is 0.714 bits per heavy atom. The van der Waals surface area contributed by atoms with Crippen LogP contribution in [0.4, 0.5) is 17.1 Å². The highest BCUT2D eigenvalue weighted by Gasteiger charge is 2.47. The zero-order chi connectivity index (χ0) is 29.9. The quantitative estimate of drug-likeness (QED) is 0.198. The summed E-state index contributed by atoms with van der Waals surface area (Å²) in [5.74, 6) is 0. The maximum atomic E-state index is 9.51. The third-order valence-corrected chi connectivity index (χ3v) is 9.05. The van der Waals surface area contributed by atoms with Gasteiger partial charge in [-0.3, -0.25) is 0 Å². The largest absolute Gasteiger partial charge is 0.372 e. The first kappa shape index (κ1) is 29.0. The van der Waals surface area contributed by atoms with E-state index in [4.69, 9.17) is 0 Å². The van der Waals surface area contributed by atoms with Crippen molar-refractivity contribution in [3.63, 3.8) is 0 Å². The van der Waals surface area contributed by atoms with E-state index < -0.39 is 5.54 Å². The van der Waals surface area contributed by atoms with E-state index in [1.54, 1.807) is 0 Å². The molecule has 42 heavy (non-hydrogen) atoms. The molecule has 4 aromatic carbocycles. The smallest absolute Gasteiger partial charge is 0.117 e. The minimum atomic E-state index is -0.620. The number of hydrogen-bond acceptors (Lipinski definition) is 4. The van der Waals surface area contributed by atoms with Gasteiger partial charge in [0.25, 0.3) is 0 Å². The highest BCUT2D eigenvalue weighted by molar-refractivity contribution is 5.74. The Labute approximate surface area is 252 Å². The van der Waals surface area contributed by atoms with Crippen LogP contribution in [0.3, 0.4) is 0 Å². The Hall–Kier alpha value is -4.49. The monoisotopic (exact) mass is 554 g/mol. The molecular formula is C38H42N4. The summed E-state index contributed by atoms with van der Waals surface area (Å²) < 4.78 is 0. The summed E-state index contributed by atoms with van der Waals surface area (Å²) in [6, 6.07) is 33.0. The minimum Gasteiger partial charge on any atom is -0.372 e. The lowest BCUT2D eigenvalue weighted by Crippen LogP contribution is -2.49. The summed E-state index contributed by atoms with van der Waals surface area (Å²) in [4.78, 5) is 7.25. The van der Waals surface area contributed by atoms with Crippen molar-refractivity contribution in [2.45, 2.75) is 39.7 Å². The lowest BCUT2D eigenvalue weighted by atomic mass is 9.66. The van der Waals surface area contributed by atoms with Gasteiger partial charge in [0, 0.05) is 50.3 Å². The first-order valence-electron chi connectivity index (χ1n) is 15.2. The Balaban J connectivity index is 1.89. The summed E-state index contributed by atoms with van der Waals surface area (Å²) in [6.45, 7) is 17.0. The number of benzene rings is 4. The predicted octanol–water partition coefficient (Wildman–Crippen LogP) is 8.23. The number of nitriles is 1. The van der Waals surface area contributed by atoms with Gasteiger partial charge < -0.3 is 14.7 Å². The number of anilines is 3. The van der Waals surface area contributed by atoms with Crippen molar-refractivity contribution >= 4 is 23.1 Å². The zero-order valence-electron chi connectivity index (χ0n) is 25.7. The number of hydrogen-bond donors (Lipinski definition) is 0. The third-order valence-electron chi connectivity index (χ3n) is 9.05. The predicted molar refractivity (Wildman–Crippen MR) is 179 cm³/mol. The highest BCUT2D eigenvalue weighted by atomic mass is 15.2. The van der Waals surface area contributed by atoms with Gasteiger partial charge in [-0.05, 0) is 116 Å². The first-order chi connectivity index (χ1) is 20.5. The van der Waals surface area contributed by atoms with Crippen LogP contribution in [0, 0.1) is 11.3 Å². The molecule has 1 aliphatic carbocycles. The maximum absolute atomic E-state index is 9.51. The summed E-state index contributed by atoms with van der Waals surface area (Å²) in [6.07, 6.45) is 2.85. The fourth-order valence-electron chi connectivity index (χ4n) is 6.87. The van der Waals surface area contributed by atoms with Gasteiger partial charge in [-0.25, -0.2) is 0 Å². The van der Waals surface area contributed by atoms with Crippen LogP contribution in [0.15, 0.2) is 91.5 Å². The van der Waals surface area contributed by atoms with E-state index in [0.29, 0.717) is 5.56 Å². The minimum absolute atomic E-state index is 0.620. The second kappa shape index (κ2) is 12.2. The molecule has 0 heterocycles. The molecule has 0 fully saturated rings. The molecule has 1 aliphatic rings. The number of nitrogens with zero attached hydrogens (tertiary/aromatic N) is 4. The molecule has 0 spiro atoms. The van der Waals surface area contributed by atoms with Gasteiger partial charge in [-0.2, -0.15) is 5.26 Å². The van der Waals surface area contributed by atoms with Crippen LogP contribution < -0.4 is 14.7 Å². The molecule has 0 aliphatic heterocycles. The van der Waals surface area contributed by atoms with Gasteiger partial charge in [0.2, 0.25) is 0 Å². The molecule has 214 valence electrons. The summed E-state index contributed by atoms with van der Waals surface area (Å²) in [5.41, 5.74) is 11.1. The van der Waals surface area contributed by atoms with Crippen molar-refractivity contribution < 1.29 is 0 Å². The summed E-state index contributed by atoms with van der Waals surface area (Å²) in [7, 11) is 2.19. The van der Waals surface area contributed by atoms with Crippen molar-refractivity contribution in [2.75, 3.05) is 47.9 Å². The van der Waals surface area contributed by atoms with Crippen molar-refractivity contribution in [3.8, 4) is 6.07 Å². The van der Waals surface area contributed by atoms with Crippen LogP contribution in [-0.2, 0) is 12.0 Å². The van der Waals surface area contributed by atoms with Crippen molar-refractivity contribution in [3.05, 3.63) is 130 Å². The van der Waals surface area contributed by atoms with Gasteiger partial charge in [-0.1, -0.05) is 49.1 Å². The van der Waals surface area contributed by atoms with Gasteiger partial charge in [0.15, 0.2) is 0 Å². The lowest BCUT2D eigenvalue weighted by Gasteiger charge is -2.49. The average Bonchev–Trinajstić information content (AvgIpc) is 3.04. The third kappa shape index (κ3) is 4.73. The van der Waals surface area contributed by atoms with Gasteiger partial charge >= 0.3 is 0 Å². The van der Waals surface area contributed by atoms with Crippen molar-refractivity contribution in [1.82, 2.24) is 0 Å². The lowest BCUT2D eigenvalue weighted by molar-refractivity contribution is 0.576. The highest BCUT2D eigenvalue weighted by Crippen LogP contribution is 2.51. The van der Waals surface area contributed by atoms with E-state index in [2.05, 4.69) is 135 Å². The topological polar surface area (TPSA) is 33.5 Å². The molecule has 0 N–H and O–H groups in total. The van der Waals surface area contributed by atoms with E-state index in [-0.39, 0.29) is 0 Å². The van der Waals surface area contributed by atoms with Crippen LogP contribution in [0.1, 0.15) is 66.6 Å². The fourth-order valence-corrected chi connectivity index (χ4v) is 6.87. The second-order valence-electron chi connectivity index (χ2n) is 10.9. The Kier molecular flexibility index (Phi) is 8.41. The maximum Gasteiger partial charge on any atom is 0.117 e. The van der Waals surface area contributed by atoms with Crippen LogP contribution in [0.2, 0.25) is 0 Å². The standard InChI is InChI=1S/C38H42N4/c1-7-29-14-12-13-15-35(29)38(40(6)32-18-16-28(27-39)17-19-32)36-22-20-33(41(8-2)9-3)25-30(36)24-31-26-34(21-23-37(31)38)42(10-4)11-5/h7,12-23,25-26H,1,8-11,24H2,2-6H3. The van der Waals surface area contributed by atoms with Gasteiger partial charge in [-0.15, -0.1) is 0 Å². The first-order valence-corrected chi connectivity index (χ1v) is 15.2. The van der Waals surface area contributed by atoms with Crippen molar-refractivity contribution in [2.24, 2.45) is 0 Å². The van der Waals surface area contributed by atoms with Crippen molar-refractivity contribution in [1.29, 1.82) is 5.26 Å². The van der Waals surface area contributed by atoms with E-state index in [0.717, 1.165) is 43.9 Å². The second-order valence-corrected chi connectivity index (χ2v) is 10.9. The Morgan fingerprint density at radius 3 is 1.69 bits per heavy atom. The molecule has 0 bridgehead atoms. The van der Waals surface area contributed by atoms with Crippen LogP contribution >= 0.6 is 0 Å². The molecule has 0 saturated carbocycles. The normalized spacial score (nSPS) is 13.0. The molecule has 0 atom stereocenters. The molecule has 4 heteroatoms. The van der Waals surface area contributed by atoms with Crippen LogP contribution in [0.25, 0.3) is 6.08 Å². The number of fused-ring (bicyclic) bond motifs is 2. The van der Waals surface area contributed by atoms with Gasteiger partial charge in [0.05, 0.1) is 11.6 Å². The summed E-state index contributed by atoms with van der Waals surface area (Å²) >= 11 is 0. The molecular weight excluding hydrogens is 512 g/mol. The van der Waals surface area contributed by atoms with E-state index in [9.17, 15) is 5.26 Å². The molecule has 0 radical (unpaired) electrons. The molecule has 4 nitrogen and oxygen atoms in total. The molecule has 5 rings (SSSR count). The average molecular weight is 555 g/mol. The SMILES string of the molecule is C=Cc1ccccc1C1(N(C)c2ccc(C#N)cc2)c2ccc(N(CC)CC)cc2Cc2cc(N(CC)CC)ccc21. The van der Waals surface area contributed by atoms with E-state index in [1.807, 2.05) is 18.2 Å².